The lowest BCUT2D eigenvalue weighted by atomic mass is 9.93. The van der Waals surface area contributed by atoms with Crippen LogP contribution in [-0.4, -0.2) is 61.3 Å². The number of rotatable bonds is 6. The van der Waals surface area contributed by atoms with Crippen LogP contribution in [0.1, 0.15) is 19.8 Å². The van der Waals surface area contributed by atoms with Gasteiger partial charge in [-0.2, -0.15) is 22.0 Å². The van der Waals surface area contributed by atoms with Crippen molar-refractivity contribution in [2.75, 3.05) is 20.3 Å². The molecule has 2 atom stereocenters. The molecule has 10 heteroatoms. The van der Waals surface area contributed by atoms with Crippen molar-refractivity contribution in [1.29, 1.82) is 0 Å². The van der Waals surface area contributed by atoms with E-state index in [1.807, 2.05) is 0 Å². The van der Waals surface area contributed by atoms with E-state index >= 15 is 0 Å². The number of esters is 1. The number of carbonyl (C=O) groups excluding carboxylic acids is 2. The molecule has 128 valence electrons. The van der Waals surface area contributed by atoms with Crippen LogP contribution in [0.2, 0.25) is 0 Å². The van der Waals surface area contributed by atoms with Gasteiger partial charge in [-0.1, -0.05) is 0 Å². The van der Waals surface area contributed by atoms with Crippen LogP contribution in [-0.2, 0) is 19.1 Å². The summed E-state index contributed by atoms with van der Waals surface area (Å²) in [4.78, 5) is 24.4. The second kappa shape index (κ2) is 6.76. The summed E-state index contributed by atoms with van der Waals surface area (Å²) in [7, 11) is 1.16. The largest absolute Gasteiger partial charge is 0.467 e. The van der Waals surface area contributed by atoms with Crippen molar-refractivity contribution < 1.29 is 41.0 Å². The number of amides is 1. The third-order valence-electron chi connectivity index (χ3n) is 3.29. The Morgan fingerprint density at radius 2 is 1.82 bits per heavy atom. The molecule has 0 radical (unpaired) electrons. The van der Waals surface area contributed by atoms with E-state index in [0.717, 1.165) is 7.11 Å². The van der Waals surface area contributed by atoms with Gasteiger partial charge in [0.2, 0.25) is 5.91 Å². The fourth-order valence-corrected chi connectivity index (χ4v) is 2.06. The van der Waals surface area contributed by atoms with Crippen molar-refractivity contribution in [2.24, 2.45) is 0 Å². The highest BCUT2D eigenvalue weighted by Crippen LogP contribution is 2.35. The van der Waals surface area contributed by atoms with Crippen molar-refractivity contribution in [3.05, 3.63) is 0 Å². The zero-order valence-corrected chi connectivity index (χ0v) is 12.0. The minimum Gasteiger partial charge on any atom is -0.467 e. The lowest BCUT2D eigenvalue weighted by molar-refractivity contribution is -0.296. The highest BCUT2D eigenvalue weighted by atomic mass is 19.4. The molecule has 0 aliphatic carbocycles. The van der Waals surface area contributed by atoms with E-state index in [0.29, 0.717) is 6.42 Å². The summed E-state index contributed by atoms with van der Waals surface area (Å²) in [6, 6.07) is -0.975. The Labute approximate surface area is 123 Å². The van der Waals surface area contributed by atoms with E-state index in [2.05, 4.69) is 9.47 Å². The minimum atomic E-state index is -5.70. The second-order valence-electron chi connectivity index (χ2n) is 4.93. The summed E-state index contributed by atoms with van der Waals surface area (Å²) < 4.78 is 69.5. The molecule has 0 bridgehead atoms. The quantitative estimate of drug-likeness (QED) is 0.422. The zero-order valence-electron chi connectivity index (χ0n) is 12.0. The van der Waals surface area contributed by atoms with Crippen molar-refractivity contribution in [1.82, 2.24) is 4.90 Å². The van der Waals surface area contributed by atoms with E-state index in [4.69, 9.17) is 0 Å². The molecule has 0 N–H and O–H groups in total. The van der Waals surface area contributed by atoms with Crippen molar-refractivity contribution in [2.45, 2.75) is 43.9 Å². The molecule has 0 aromatic rings. The monoisotopic (exact) mass is 333 g/mol. The first kappa shape index (κ1) is 18.6. The van der Waals surface area contributed by atoms with Gasteiger partial charge in [-0.3, -0.25) is 4.79 Å². The molecule has 1 amide bonds. The maximum Gasteiger partial charge on any atom is 0.455 e. The Kier molecular flexibility index (Phi) is 5.71. The van der Waals surface area contributed by atoms with Gasteiger partial charge in [0.1, 0.15) is 12.6 Å². The molecular formula is C12H16F5NO4. The van der Waals surface area contributed by atoms with Crippen LogP contribution in [0.4, 0.5) is 22.0 Å². The summed E-state index contributed by atoms with van der Waals surface area (Å²) in [5, 5.41) is 0. The summed E-state index contributed by atoms with van der Waals surface area (Å²) in [6.07, 6.45) is -5.68. The molecule has 5 nitrogen and oxygen atoms in total. The van der Waals surface area contributed by atoms with Gasteiger partial charge < -0.3 is 14.4 Å². The molecule has 0 aromatic heterocycles. The van der Waals surface area contributed by atoms with Gasteiger partial charge in [0.25, 0.3) is 0 Å². The fourth-order valence-electron chi connectivity index (χ4n) is 2.06. The number of likely N-dealkylation sites (tertiary alicyclic amines) is 1. The normalized spacial score (nSPS) is 22.2. The van der Waals surface area contributed by atoms with E-state index < -0.39 is 49.7 Å². The van der Waals surface area contributed by atoms with E-state index in [1.165, 1.54) is 4.90 Å². The Morgan fingerprint density at radius 1 is 1.23 bits per heavy atom. The average molecular weight is 333 g/mol. The first-order valence-corrected chi connectivity index (χ1v) is 6.42. The van der Waals surface area contributed by atoms with Crippen LogP contribution in [0.15, 0.2) is 0 Å². The standard InChI is InChI=1S/C12H16F5NO4/c1-7-5-8(10(20)21-2)18(7)9(19)3-4-22-6-11(13,14)12(15,16)17/h7-8H,3-6H2,1-2H3. The number of nitrogens with zero attached hydrogens (tertiary/aromatic N) is 1. The van der Waals surface area contributed by atoms with Gasteiger partial charge in [0, 0.05) is 6.04 Å². The highest BCUT2D eigenvalue weighted by Gasteiger charge is 2.57. The van der Waals surface area contributed by atoms with Crippen molar-refractivity contribution in [3.8, 4) is 0 Å². The van der Waals surface area contributed by atoms with Gasteiger partial charge in [-0.05, 0) is 13.3 Å². The van der Waals surface area contributed by atoms with E-state index in [-0.39, 0.29) is 6.04 Å². The third kappa shape index (κ3) is 4.05. The topological polar surface area (TPSA) is 55.8 Å². The molecule has 0 spiro atoms. The maximum atomic E-state index is 12.6. The molecule has 1 rings (SSSR count). The van der Waals surface area contributed by atoms with Gasteiger partial charge >= 0.3 is 18.1 Å². The molecule has 1 saturated heterocycles. The number of hydrogen-bond acceptors (Lipinski definition) is 4. The summed E-state index contributed by atoms with van der Waals surface area (Å²) in [5.74, 6) is -6.13. The lowest BCUT2D eigenvalue weighted by Gasteiger charge is -2.45. The number of alkyl halides is 5. The molecule has 1 aliphatic heterocycles. The van der Waals surface area contributed by atoms with Crippen LogP contribution in [0.5, 0.6) is 0 Å². The van der Waals surface area contributed by atoms with Crippen LogP contribution >= 0.6 is 0 Å². The predicted octanol–water partition coefficient (Wildman–Crippen LogP) is 1.75. The van der Waals surface area contributed by atoms with Crippen molar-refractivity contribution in [3.63, 3.8) is 0 Å². The maximum absolute atomic E-state index is 12.6. The summed E-state index contributed by atoms with van der Waals surface area (Å²) >= 11 is 0. The van der Waals surface area contributed by atoms with Crippen LogP contribution in [0.3, 0.4) is 0 Å². The van der Waals surface area contributed by atoms with Crippen LogP contribution < -0.4 is 0 Å². The molecule has 1 fully saturated rings. The SMILES string of the molecule is COC(=O)C1CC(C)N1C(=O)CCOCC(F)(F)C(F)(F)F. The van der Waals surface area contributed by atoms with Gasteiger partial charge in [-0.15, -0.1) is 0 Å². The second-order valence-corrected chi connectivity index (χ2v) is 4.93. The number of hydrogen-bond donors (Lipinski definition) is 0. The highest BCUT2D eigenvalue weighted by molar-refractivity contribution is 5.86. The molecule has 2 unspecified atom stereocenters. The molecule has 1 heterocycles. The number of halogens is 5. The van der Waals surface area contributed by atoms with E-state index in [9.17, 15) is 31.5 Å². The smallest absolute Gasteiger partial charge is 0.455 e. The molecular weight excluding hydrogens is 317 g/mol. The van der Waals surface area contributed by atoms with Gasteiger partial charge in [0.05, 0.1) is 20.1 Å². The number of methoxy groups -OCH3 is 1. The first-order valence-electron chi connectivity index (χ1n) is 6.42. The zero-order chi connectivity index (χ0) is 17.1. The Morgan fingerprint density at radius 3 is 2.27 bits per heavy atom. The molecule has 22 heavy (non-hydrogen) atoms. The number of ether oxygens (including phenoxy) is 2. The third-order valence-corrected chi connectivity index (χ3v) is 3.29. The van der Waals surface area contributed by atoms with Gasteiger partial charge in [0.15, 0.2) is 0 Å². The summed E-state index contributed by atoms with van der Waals surface area (Å²) in [6.45, 7) is -0.766. The fraction of sp³-hybridized carbons (Fsp3) is 0.833. The predicted molar refractivity (Wildman–Crippen MR) is 63.2 cm³/mol. The lowest BCUT2D eigenvalue weighted by Crippen LogP contribution is -2.61. The Hall–Kier alpha value is -1.45. The van der Waals surface area contributed by atoms with Crippen LogP contribution in [0.25, 0.3) is 0 Å². The average Bonchev–Trinajstić information content (AvgIpc) is 2.38. The molecule has 0 saturated carbocycles. The van der Waals surface area contributed by atoms with E-state index in [1.54, 1.807) is 6.92 Å². The number of carbonyl (C=O) groups is 2. The summed E-state index contributed by atoms with van der Waals surface area (Å²) in [5.41, 5.74) is 0. The minimum absolute atomic E-state index is 0.229. The van der Waals surface area contributed by atoms with Crippen LogP contribution in [0, 0.1) is 0 Å². The van der Waals surface area contributed by atoms with Crippen molar-refractivity contribution >= 4 is 11.9 Å². The molecule has 0 aromatic carbocycles. The first-order chi connectivity index (χ1) is 10.0. The van der Waals surface area contributed by atoms with Gasteiger partial charge in [-0.25, -0.2) is 4.79 Å². The Balaban J connectivity index is 2.39. The molecule has 1 aliphatic rings. The Bertz CT molecular complexity index is 426.